The zero-order valence-corrected chi connectivity index (χ0v) is 16.9. The van der Waals surface area contributed by atoms with E-state index in [9.17, 15) is 9.59 Å². The molecule has 150 valence electrons. The number of hydrogen-bond acceptors (Lipinski definition) is 3. The van der Waals surface area contributed by atoms with Gasteiger partial charge in [-0.3, -0.25) is 14.5 Å². The van der Waals surface area contributed by atoms with Crippen molar-refractivity contribution in [2.24, 2.45) is 0 Å². The number of aromatic nitrogens is 1. The summed E-state index contributed by atoms with van der Waals surface area (Å²) in [7, 11) is 0. The van der Waals surface area contributed by atoms with Crippen LogP contribution in [-0.4, -0.2) is 59.3 Å². The van der Waals surface area contributed by atoms with Gasteiger partial charge in [-0.15, -0.1) is 0 Å². The Kier molecular flexibility index (Phi) is 5.36. The molecule has 1 fully saturated rings. The van der Waals surface area contributed by atoms with E-state index < -0.39 is 0 Å². The number of amides is 2. The number of para-hydroxylation sites is 1. The molecular formula is C23H26N4O2. The maximum absolute atomic E-state index is 12.9. The summed E-state index contributed by atoms with van der Waals surface area (Å²) in [6.07, 6.45) is 0. The number of nitrogens with zero attached hydrogens (tertiary/aromatic N) is 2. The first-order valence-electron chi connectivity index (χ1n) is 9.96. The molecule has 1 saturated heterocycles. The number of fused-ring (bicyclic) bond motifs is 1. The fourth-order valence-electron chi connectivity index (χ4n) is 3.92. The highest BCUT2D eigenvalue weighted by Crippen LogP contribution is 2.22. The average molecular weight is 390 g/mol. The van der Waals surface area contributed by atoms with E-state index in [2.05, 4.69) is 41.2 Å². The largest absolute Gasteiger partial charge is 0.351 e. The molecule has 2 aromatic carbocycles. The minimum Gasteiger partial charge on any atom is -0.351 e. The van der Waals surface area contributed by atoms with Crippen LogP contribution in [0.4, 0.5) is 5.69 Å². The van der Waals surface area contributed by atoms with Gasteiger partial charge in [-0.05, 0) is 49.2 Å². The molecule has 29 heavy (non-hydrogen) atoms. The predicted octanol–water partition coefficient (Wildman–Crippen LogP) is 3.18. The van der Waals surface area contributed by atoms with Gasteiger partial charge in [0.1, 0.15) is 5.69 Å². The van der Waals surface area contributed by atoms with Crippen LogP contribution in [-0.2, 0) is 4.79 Å². The van der Waals surface area contributed by atoms with Gasteiger partial charge in [0.25, 0.3) is 5.91 Å². The number of carbonyl (C=O) groups excluding carboxylic acids is 2. The van der Waals surface area contributed by atoms with Crippen LogP contribution in [0.2, 0.25) is 0 Å². The number of aryl methyl sites for hydroxylation is 2. The van der Waals surface area contributed by atoms with Crippen molar-refractivity contribution < 1.29 is 9.59 Å². The normalized spacial score (nSPS) is 14.9. The third kappa shape index (κ3) is 4.32. The van der Waals surface area contributed by atoms with Crippen molar-refractivity contribution in [3.63, 3.8) is 0 Å². The number of hydrogen-bond donors (Lipinski definition) is 2. The summed E-state index contributed by atoms with van der Waals surface area (Å²) in [5.74, 6) is -0.0101. The lowest BCUT2D eigenvalue weighted by Gasteiger charge is -2.34. The molecule has 0 bridgehead atoms. The molecule has 0 saturated carbocycles. The summed E-state index contributed by atoms with van der Waals surface area (Å²) in [5.41, 5.74) is 4.78. The fraction of sp³-hybridized carbons (Fsp3) is 0.304. The Morgan fingerprint density at radius 3 is 2.45 bits per heavy atom. The Morgan fingerprint density at radius 2 is 1.72 bits per heavy atom. The summed E-state index contributed by atoms with van der Waals surface area (Å²) in [5, 5.41) is 4.00. The van der Waals surface area contributed by atoms with Crippen LogP contribution in [0.1, 0.15) is 21.6 Å². The molecule has 1 aliphatic heterocycles. The molecule has 4 rings (SSSR count). The lowest BCUT2D eigenvalue weighted by Crippen LogP contribution is -2.50. The molecule has 0 atom stereocenters. The lowest BCUT2D eigenvalue weighted by molar-refractivity contribution is -0.117. The first-order valence-corrected chi connectivity index (χ1v) is 9.96. The second kappa shape index (κ2) is 8.09. The first kappa shape index (κ1) is 19.2. The highest BCUT2D eigenvalue weighted by atomic mass is 16.2. The second-order valence-corrected chi connectivity index (χ2v) is 7.71. The van der Waals surface area contributed by atoms with E-state index in [-0.39, 0.29) is 11.8 Å². The molecule has 1 aromatic heterocycles. The minimum absolute atomic E-state index is 0.0200. The van der Waals surface area contributed by atoms with Gasteiger partial charge in [-0.2, -0.15) is 0 Å². The molecule has 0 unspecified atom stereocenters. The van der Waals surface area contributed by atoms with Gasteiger partial charge in [-0.25, -0.2) is 0 Å². The molecule has 0 spiro atoms. The van der Waals surface area contributed by atoms with Gasteiger partial charge >= 0.3 is 0 Å². The Bertz CT molecular complexity index is 1030. The zero-order valence-electron chi connectivity index (χ0n) is 16.9. The number of piperazine rings is 1. The summed E-state index contributed by atoms with van der Waals surface area (Å²) in [4.78, 5) is 32.4. The summed E-state index contributed by atoms with van der Waals surface area (Å²) >= 11 is 0. The fourth-order valence-corrected chi connectivity index (χ4v) is 3.92. The maximum Gasteiger partial charge on any atom is 0.270 e. The maximum atomic E-state index is 12.9. The van der Waals surface area contributed by atoms with Crippen LogP contribution in [0.5, 0.6) is 0 Å². The quantitative estimate of drug-likeness (QED) is 0.719. The molecule has 3 aromatic rings. The van der Waals surface area contributed by atoms with E-state index in [0.29, 0.717) is 38.4 Å². The van der Waals surface area contributed by atoms with Crippen LogP contribution in [0, 0.1) is 13.8 Å². The number of aromatic amines is 1. The van der Waals surface area contributed by atoms with Crippen molar-refractivity contribution >= 4 is 28.4 Å². The van der Waals surface area contributed by atoms with E-state index in [1.165, 1.54) is 11.1 Å². The first-order chi connectivity index (χ1) is 14.0. The molecule has 0 aliphatic carbocycles. The molecule has 1 aliphatic rings. The average Bonchev–Trinajstić information content (AvgIpc) is 3.13. The highest BCUT2D eigenvalue weighted by Gasteiger charge is 2.24. The second-order valence-electron chi connectivity index (χ2n) is 7.71. The molecule has 0 radical (unpaired) electrons. The Morgan fingerprint density at radius 1 is 1.00 bits per heavy atom. The third-order valence-corrected chi connectivity index (χ3v) is 5.40. The van der Waals surface area contributed by atoms with Crippen LogP contribution in [0.15, 0.2) is 48.5 Å². The lowest BCUT2D eigenvalue weighted by atomic mass is 10.1. The van der Waals surface area contributed by atoms with Gasteiger partial charge in [0.05, 0.1) is 6.54 Å². The van der Waals surface area contributed by atoms with Crippen LogP contribution < -0.4 is 5.32 Å². The van der Waals surface area contributed by atoms with Crippen molar-refractivity contribution in [1.82, 2.24) is 14.8 Å². The van der Waals surface area contributed by atoms with E-state index in [4.69, 9.17) is 0 Å². The molecule has 6 nitrogen and oxygen atoms in total. The van der Waals surface area contributed by atoms with Gasteiger partial charge in [-0.1, -0.05) is 24.3 Å². The number of rotatable bonds is 4. The van der Waals surface area contributed by atoms with Crippen LogP contribution >= 0.6 is 0 Å². The molecule has 2 heterocycles. The van der Waals surface area contributed by atoms with Gasteiger partial charge in [0.2, 0.25) is 5.91 Å². The van der Waals surface area contributed by atoms with Crippen LogP contribution in [0.3, 0.4) is 0 Å². The van der Waals surface area contributed by atoms with Crippen molar-refractivity contribution in [3.05, 3.63) is 65.4 Å². The Balaban J connectivity index is 1.34. The highest BCUT2D eigenvalue weighted by molar-refractivity contribution is 5.99. The predicted molar refractivity (Wildman–Crippen MR) is 115 cm³/mol. The zero-order chi connectivity index (χ0) is 20.4. The Labute approximate surface area is 170 Å². The summed E-state index contributed by atoms with van der Waals surface area (Å²) < 4.78 is 0. The SMILES string of the molecule is Cc1cc(C)c2cc(C(=O)N3CCN(CC(=O)Nc4ccccc4)CC3)[nH]c2c1. The summed E-state index contributed by atoms with van der Waals surface area (Å²) in [6.45, 7) is 7.06. The molecule has 2 N–H and O–H groups in total. The number of nitrogens with one attached hydrogen (secondary N) is 2. The minimum atomic E-state index is -0.0301. The monoisotopic (exact) mass is 390 g/mol. The number of benzene rings is 2. The van der Waals surface area contributed by atoms with Crippen molar-refractivity contribution in [2.45, 2.75) is 13.8 Å². The number of H-pyrrole nitrogens is 1. The van der Waals surface area contributed by atoms with E-state index >= 15 is 0 Å². The smallest absolute Gasteiger partial charge is 0.270 e. The Hall–Kier alpha value is -3.12. The van der Waals surface area contributed by atoms with Gasteiger partial charge in [0, 0.05) is 42.8 Å². The van der Waals surface area contributed by atoms with Crippen molar-refractivity contribution in [3.8, 4) is 0 Å². The third-order valence-electron chi connectivity index (χ3n) is 5.40. The number of carbonyl (C=O) groups is 2. The van der Waals surface area contributed by atoms with Crippen molar-refractivity contribution in [1.29, 1.82) is 0 Å². The van der Waals surface area contributed by atoms with Crippen molar-refractivity contribution in [2.75, 3.05) is 38.0 Å². The van der Waals surface area contributed by atoms with Gasteiger partial charge in [0.15, 0.2) is 0 Å². The van der Waals surface area contributed by atoms with Crippen LogP contribution in [0.25, 0.3) is 10.9 Å². The topological polar surface area (TPSA) is 68.4 Å². The van der Waals surface area contributed by atoms with Gasteiger partial charge < -0.3 is 15.2 Å². The van der Waals surface area contributed by atoms with E-state index in [0.717, 1.165) is 16.6 Å². The molecule has 6 heteroatoms. The summed E-state index contributed by atoms with van der Waals surface area (Å²) in [6, 6.07) is 15.6. The number of anilines is 1. The standard InChI is InChI=1S/C23H26N4O2/c1-16-12-17(2)19-14-21(25-20(19)13-16)23(29)27-10-8-26(9-11-27)15-22(28)24-18-6-4-3-5-7-18/h3-7,12-14,25H,8-11,15H2,1-2H3,(H,24,28). The molecular weight excluding hydrogens is 364 g/mol. The molecule has 2 amide bonds. The van der Waals surface area contributed by atoms with E-state index in [1.54, 1.807) is 0 Å². The van der Waals surface area contributed by atoms with E-state index in [1.807, 2.05) is 41.3 Å².